The highest BCUT2D eigenvalue weighted by Crippen LogP contribution is 0.690. The van der Waals surface area contributed by atoms with E-state index in [1.54, 1.807) is 5.53 Å². The number of nitrogens with two attached hydrogens (primary N) is 2. The van der Waals surface area contributed by atoms with E-state index >= 15 is 0 Å². The molecule has 0 spiro atoms. The molecule has 7 N–H and O–H groups in total. The maximum absolute atomic E-state index is 4.38. The first-order valence-corrected chi connectivity index (χ1v) is 0.577. The summed E-state index contributed by atoms with van der Waals surface area (Å²) in [5.74, 6) is 8.75. The Hall–Kier alpha value is 0.130. The van der Waals surface area contributed by atoms with Crippen LogP contribution in [0.3, 0.4) is 0 Å². The van der Waals surface area contributed by atoms with Crippen molar-refractivity contribution in [2.75, 3.05) is 0 Å². The smallest absolute Gasteiger partial charge is 0.147 e. The van der Waals surface area contributed by atoms with Crippen LogP contribution in [0.2, 0.25) is 0 Å². The van der Waals surface area contributed by atoms with Crippen LogP contribution in [0, 0.1) is 0 Å². The fourth-order valence-corrected chi connectivity index (χ4v) is 0. The van der Waals surface area contributed by atoms with Gasteiger partial charge in [0.05, 0.1) is 0 Å². The van der Waals surface area contributed by atoms with Gasteiger partial charge in [-0.25, -0.2) is 0 Å². The van der Waals surface area contributed by atoms with Crippen molar-refractivity contribution in [3.63, 3.8) is 0 Å². The van der Waals surface area contributed by atoms with Crippen LogP contribution in [0.4, 0.5) is 0 Å². The lowest BCUT2D eigenvalue weighted by molar-refractivity contribution is 0.803. The van der Waals surface area contributed by atoms with Crippen molar-refractivity contribution in [2.45, 2.75) is 0 Å². The molecule has 0 saturated heterocycles. The van der Waals surface area contributed by atoms with E-state index in [9.17, 15) is 0 Å². The van der Waals surface area contributed by atoms with Gasteiger partial charge in [0.25, 0.3) is 0 Å². The van der Waals surface area contributed by atoms with E-state index in [-0.39, 0.29) is 17.9 Å². The Morgan fingerprint density at radius 1 is 1.20 bits per heavy atom. The molecule has 0 unspecified atom stereocenters. The van der Waals surface area contributed by atoms with Gasteiger partial charge < -0.3 is 5.48 Å². The molecule has 5 heteroatoms. The predicted molar refractivity (Wildman–Crippen MR) is 22.4 cm³/mol. The van der Waals surface area contributed by atoms with Crippen molar-refractivity contribution in [2.24, 2.45) is 11.7 Å². The Morgan fingerprint density at radius 3 is 1.20 bits per heavy atom. The van der Waals surface area contributed by atoms with Crippen LogP contribution in [0.5, 0.6) is 0 Å². The maximum atomic E-state index is 4.38. The summed E-state index contributed by atoms with van der Waals surface area (Å²) >= 11 is 0. The molecular weight excluding hydrogens is 93.5 g/mol. The Labute approximate surface area is 36.2 Å². The standard InChI is InChI=1S/ClH.H5N3.H2O/c;1-3-2;/h1H;3H,1-2H2;1H2. The van der Waals surface area contributed by atoms with E-state index in [2.05, 4.69) is 11.7 Å². The molecule has 0 aromatic heterocycles. The molecule has 0 aliphatic rings. The summed E-state index contributed by atoms with van der Waals surface area (Å²) in [6.45, 7) is 0. The van der Waals surface area contributed by atoms with E-state index in [0.717, 1.165) is 0 Å². The number of halogens is 1. The van der Waals surface area contributed by atoms with Crippen LogP contribution in [0.15, 0.2) is 0 Å². The maximum Gasteiger partial charge on any atom is -0.147 e. The molecule has 36 valence electrons. The molecule has 0 bridgehead atoms. The first-order chi connectivity index (χ1) is 1.41. The van der Waals surface area contributed by atoms with Gasteiger partial charge in [-0.2, -0.15) is 5.53 Å². The summed E-state index contributed by atoms with van der Waals surface area (Å²) in [6, 6.07) is 0. The summed E-state index contributed by atoms with van der Waals surface area (Å²) in [6.07, 6.45) is 0. The lowest BCUT2D eigenvalue weighted by atomic mass is 12.6. The van der Waals surface area contributed by atoms with Gasteiger partial charge in [0, 0.05) is 0 Å². The zero-order valence-electron chi connectivity index (χ0n) is 2.56. The van der Waals surface area contributed by atoms with Crippen molar-refractivity contribution in [1.29, 1.82) is 0 Å². The van der Waals surface area contributed by atoms with Crippen molar-refractivity contribution in [3.8, 4) is 0 Å². The highest BCUT2D eigenvalue weighted by Gasteiger charge is 1.19. The van der Waals surface area contributed by atoms with Crippen LogP contribution in [-0.2, 0) is 0 Å². The molecule has 0 aromatic rings. The SMILES string of the molecule is Cl.NNN.O. The van der Waals surface area contributed by atoms with Gasteiger partial charge in [0.1, 0.15) is 0 Å². The molecule has 0 rings (SSSR count). The second-order valence-electron chi connectivity index (χ2n) is 0.167. The Bertz CT molecular complexity index is 6.85. The second kappa shape index (κ2) is 31.7. The van der Waals surface area contributed by atoms with Crippen LogP contribution < -0.4 is 17.2 Å². The van der Waals surface area contributed by atoms with Crippen molar-refractivity contribution >= 4 is 12.4 Å². The topological polar surface area (TPSA) is 95.6 Å². The average molecular weight is 102 g/mol. The van der Waals surface area contributed by atoms with E-state index in [0.29, 0.717) is 0 Å². The summed E-state index contributed by atoms with van der Waals surface area (Å²) in [5.41, 5.74) is 1.75. The van der Waals surface area contributed by atoms with Crippen LogP contribution in [-0.4, -0.2) is 5.48 Å². The molecule has 4 nitrogen and oxygen atoms in total. The molecule has 0 aromatic carbocycles. The predicted octanol–water partition coefficient (Wildman–Crippen LogP) is -2.08. The molecule has 5 heavy (non-hydrogen) atoms. The molecule has 0 saturated carbocycles. The first-order valence-electron chi connectivity index (χ1n) is 0.577. The van der Waals surface area contributed by atoms with Gasteiger partial charge in [0.2, 0.25) is 0 Å². The van der Waals surface area contributed by atoms with Gasteiger partial charge in [-0.1, -0.05) is 0 Å². The molecule has 0 atom stereocenters. The highest BCUT2D eigenvalue weighted by atomic mass is 35.5. The first kappa shape index (κ1) is 19.3. The average Bonchev–Trinajstić information content (AvgIpc) is 0.918. The molecule has 0 aliphatic carbocycles. The molecular formula is H8ClN3O. The fraction of sp³-hybridized carbons (Fsp3) is 0. The lowest BCUT2D eigenvalue weighted by Gasteiger charge is -1.64. The lowest BCUT2D eigenvalue weighted by Crippen LogP contribution is -2.29. The van der Waals surface area contributed by atoms with Gasteiger partial charge in [-0.05, 0) is 0 Å². The quantitative estimate of drug-likeness (QED) is 0.241. The van der Waals surface area contributed by atoms with Gasteiger partial charge in [0.15, 0.2) is 0 Å². The monoisotopic (exact) mass is 101 g/mol. The van der Waals surface area contributed by atoms with Crippen molar-refractivity contribution in [1.82, 2.24) is 5.53 Å². The molecule has 0 aliphatic heterocycles. The van der Waals surface area contributed by atoms with E-state index in [1.165, 1.54) is 0 Å². The van der Waals surface area contributed by atoms with E-state index < -0.39 is 0 Å². The van der Waals surface area contributed by atoms with Gasteiger partial charge >= 0.3 is 0 Å². The molecule has 0 heterocycles. The van der Waals surface area contributed by atoms with Crippen LogP contribution in [0.25, 0.3) is 0 Å². The largest absolute Gasteiger partial charge is 0.412 e. The number of hydrogen-bond acceptors (Lipinski definition) is 3. The third kappa shape index (κ3) is 1110. The third-order valence-corrected chi connectivity index (χ3v) is 0. The second-order valence-corrected chi connectivity index (χ2v) is 0.167. The van der Waals surface area contributed by atoms with E-state index in [4.69, 9.17) is 0 Å². The minimum Gasteiger partial charge on any atom is -0.412 e. The zero-order valence-corrected chi connectivity index (χ0v) is 3.38. The van der Waals surface area contributed by atoms with E-state index in [1.807, 2.05) is 0 Å². The third-order valence-electron chi connectivity index (χ3n) is 0. The minimum atomic E-state index is 0. The van der Waals surface area contributed by atoms with Gasteiger partial charge in [-0.15, -0.1) is 12.4 Å². The Balaban J connectivity index is -0.0000000200. The molecule has 0 radical (unpaired) electrons. The summed E-state index contributed by atoms with van der Waals surface area (Å²) in [4.78, 5) is 0. The minimum absolute atomic E-state index is 0. The summed E-state index contributed by atoms with van der Waals surface area (Å²) < 4.78 is 0. The Kier molecular flexibility index (Phi) is 122. The summed E-state index contributed by atoms with van der Waals surface area (Å²) in [7, 11) is 0. The summed E-state index contributed by atoms with van der Waals surface area (Å²) in [5, 5.41) is 0. The number of nitrogens with one attached hydrogen (secondary N) is 1. The number of hydrogen-bond donors (Lipinski definition) is 3. The zero-order chi connectivity index (χ0) is 2.71. The van der Waals surface area contributed by atoms with Crippen molar-refractivity contribution in [3.05, 3.63) is 0 Å². The van der Waals surface area contributed by atoms with Crippen LogP contribution in [0.1, 0.15) is 0 Å². The molecule has 0 amide bonds. The normalized spacial score (nSPS) is 3.60. The van der Waals surface area contributed by atoms with Gasteiger partial charge in [-0.3, -0.25) is 11.7 Å². The number of rotatable bonds is 0. The molecule has 0 fully saturated rings. The highest BCUT2D eigenvalue weighted by molar-refractivity contribution is 5.85. The van der Waals surface area contributed by atoms with Crippen LogP contribution >= 0.6 is 12.4 Å². The number of hydrazine groups is 2. The van der Waals surface area contributed by atoms with Crippen molar-refractivity contribution < 1.29 is 5.48 Å². The Morgan fingerprint density at radius 2 is 1.20 bits per heavy atom. The fourth-order valence-electron chi connectivity index (χ4n) is 0.